The summed E-state index contributed by atoms with van der Waals surface area (Å²) in [6, 6.07) is -0.269. The van der Waals surface area contributed by atoms with Gasteiger partial charge in [-0.1, -0.05) is 0 Å². The molecule has 0 aromatic carbocycles. The van der Waals surface area contributed by atoms with Gasteiger partial charge in [0, 0.05) is 39.3 Å². The molecule has 3 heterocycles. The molecule has 124 valence electrons. The van der Waals surface area contributed by atoms with E-state index in [0.717, 1.165) is 12.8 Å². The second-order valence-electron chi connectivity index (χ2n) is 6.16. The van der Waals surface area contributed by atoms with Gasteiger partial charge in [-0.15, -0.1) is 0 Å². The molecule has 3 fully saturated rings. The first-order valence-corrected chi connectivity index (χ1v) is 8.21. The molecule has 1 N–H and O–H groups in total. The summed E-state index contributed by atoms with van der Waals surface area (Å²) in [4.78, 5) is 28.5. The third-order valence-electron chi connectivity index (χ3n) is 4.69. The highest BCUT2D eigenvalue weighted by molar-refractivity contribution is 5.84. The summed E-state index contributed by atoms with van der Waals surface area (Å²) in [5, 5.41) is 3.23. The highest BCUT2D eigenvalue weighted by Crippen LogP contribution is 2.17. The largest absolute Gasteiger partial charge is 0.375 e. The van der Waals surface area contributed by atoms with E-state index in [2.05, 4.69) is 5.32 Å². The molecule has 2 amide bonds. The molecule has 3 atom stereocenters. The highest BCUT2D eigenvalue weighted by Gasteiger charge is 2.35. The second kappa shape index (κ2) is 6.93. The average molecular weight is 311 g/mol. The van der Waals surface area contributed by atoms with E-state index in [-0.39, 0.29) is 30.1 Å². The van der Waals surface area contributed by atoms with Crippen molar-refractivity contribution >= 4 is 11.8 Å². The Kier molecular flexibility index (Phi) is 4.95. The molecule has 7 heteroatoms. The second-order valence-corrected chi connectivity index (χ2v) is 6.16. The van der Waals surface area contributed by atoms with Crippen molar-refractivity contribution in [1.82, 2.24) is 15.1 Å². The third kappa shape index (κ3) is 3.26. The molecule has 0 radical (unpaired) electrons. The van der Waals surface area contributed by atoms with E-state index in [9.17, 15) is 9.59 Å². The number of carbonyl (C=O) groups is 2. The zero-order chi connectivity index (χ0) is 15.5. The van der Waals surface area contributed by atoms with E-state index < -0.39 is 0 Å². The van der Waals surface area contributed by atoms with Gasteiger partial charge in [-0.2, -0.15) is 0 Å². The number of carbonyl (C=O) groups excluding carboxylic acids is 2. The molecule has 0 saturated carbocycles. The molecule has 1 unspecified atom stereocenters. The predicted octanol–water partition coefficient (Wildman–Crippen LogP) is -0.787. The summed E-state index contributed by atoms with van der Waals surface area (Å²) in [5.74, 6) is 0.161. The van der Waals surface area contributed by atoms with Crippen molar-refractivity contribution in [2.75, 3.05) is 45.9 Å². The van der Waals surface area contributed by atoms with Gasteiger partial charge in [-0.3, -0.25) is 9.59 Å². The standard InChI is InChI=1S/C15H25N3O4/c1-11-13(16-4-10-21-11)15(20)18-7-5-17(6-8-18)14(19)12-3-2-9-22-12/h11-13,16H,2-10H2,1H3/t11-,12?,13+/m1/s1. The lowest BCUT2D eigenvalue weighted by atomic mass is 10.1. The molecule has 0 bridgehead atoms. The van der Waals surface area contributed by atoms with Crippen molar-refractivity contribution in [3.63, 3.8) is 0 Å². The van der Waals surface area contributed by atoms with Crippen LogP contribution in [0.2, 0.25) is 0 Å². The summed E-state index contributed by atoms with van der Waals surface area (Å²) < 4.78 is 11.0. The van der Waals surface area contributed by atoms with Crippen LogP contribution in [0.3, 0.4) is 0 Å². The van der Waals surface area contributed by atoms with Crippen molar-refractivity contribution in [2.24, 2.45) is 0 Å². The summed E-state index contributed by atoms with van der Waals surface area (Å²) in [6.45, 7) is 6.31. The number of nitrogens with one attached hydrogen (secondary N) is 1. The summed E-state index contributed by atoms with van der Waals surface area (Å²) in [7, 11) is 0. The lowest BCUT2D eigenvalue weighted by Crippen LogP contribution is -2.60. The smallest absolute Gasteiger partial charge is 0.251 e. The van der Waals surface area contributed by atoms with Gasteiger partial charge in [0.2, 0.25) is 5.91 Å². The van der Waals surface area contributed by atoms with Crippen LogP contribution in [0.5, 0.6) is 0 Å². The number of piperazine rings is 1. The maximum Gasteiger partial charge on any atom is 0.251 e. The van der Waals surface area contributed by atoms with Crippen LogP contribution in [0.25, 0.3) is 0 Å². The van der Waals surface area contributed by atoms with Gasteiger partial charge in [-0.05, 0) is 19.8 Å². The molecular formula is C15H25N3O4. The van der Waals surface area contributed by atoms with Gasteiger partial charge in [0.05, 0.1) is 12.7 Å². The van der Waals surface area contributed by atoms with E-state index in [4.69, 9.17) is 9.47 Å². The fourth-order valence-corrected chi connectivity index (χ4v) is 3.33. The number of nitrogens with zero attached hydrogens (tertiary/aromatic N) is 2. The Labute approximate surface area is 130 Å². The van der Waals surface area contributed by atoms with Gasteiger partial charge in [0.25, 0.3) is 5.91 Å². The molecule has 0 aliphatic carbocycles. The molecule has 0 spiro atoms. The van der Waals surface area contributed by atoms with E-state index in [1.165, 1.54) is 0 Å². The maximum absolute atomic E-state index is 12.6. The summed E-state index contributed by atoms with van der Waals surface area (Å²) in [6.07, 6.45) is 1.40. The van der Waals surface area contributed by atoms with Crippen LogP contribution >= 0.6 is 0 Å². The van der Waals surface area contributed by atoms with Gasteiger partial charge in [0.15, 0.2) is 0 Å². The van der Waals surface area contributed by atoms with Gasteiger partial charge < -0.3 is 24.6 Å². The van der Waals surface area contributed by atoms with E-state index in [1.807, 2.05) is 16.7 Å². The molecule has 3 rings (SSSR count). The highest BCUT2D eigenvalue weighted by atomic mass is 16.5. The number of amides is 2. The van der Waals surface area contributed by atoms with Gasteiger partial charge >= 0.3 is 0 Å². The maximum atomic E-state index is 12.6. The third-order valence-corrected chi connectivity index (χ3v) is 4.69. The molecule has 3 aliphatic rings. The topological polar surface area (TPSA) is 71.1 Å². The van der Waals surface area contributed by atoms with Gasteiger partial charge in [-0.25, -0.2) is 0 Å². The Balaban J connectivity index is 1.50. The minimum absolute atomic E-state index is 0.0800. The fraction of sp³-hybridized carbons (Fsp3) is 0.867. The van der Waals surface area contributed by atoms with Crippen LogP contribution in [0.4, 0.5) is 0 Å². The molecular weight excluding hydrogens is 286 g/mol. The van der Waals surface area contributed by atoms with Crippen LogP contribution < -0.4 is 5.32 Å². The first-order valence-electron chi connectivity index (χ1n) is 8.21. The van der Waals surface area contributed by atoms with Crippen LogP contribution in [-0.4, -0.2) is 85.8 Å². The Morgan fingerprint density at radius 1 is 1.00 bits per heavy atom. The quantitative estimate of drug-likeness (QED) is 0.724. The SMILES string of the molecule is C[C@H]1OCCN[C@@H]1C(=O)N1CCN(C(=O)C2CCCO2)CC1. The Morgan fingerprint density at radius 2 is 1.68 bits per heavy atom. The molecule has 7 nitrogen and oxygen atoms in total. The minimum atomic E-state index is -0.269. The Morgan fingerprint density at radius 3 is 2.27 bits per heavy atom. The number of rotatable bonds is 2. The number of ether oxygens (including phenoxy) is 2. The zero-order valence-electron chi connectivity index (χ0n) is 13.1. The average Bonchev–Trinajstić information content (AvgIpc) is 3.09. The number of hydrogen-bond acceptors (Lipinski definition) is 5. The normalized spacial score (nSPS) is 33.0. The number of hydrogen-bond donors (Lipinski definition) is 1. The van der Waals surface area contributed by atoms with E-state index >= 15 is 0 Å². The lowest BCUT2D eigenvalue weighted by molar-refractivity contribution is -0.148. The Bertz CT molecular complexity index is 417. The monoisotopic (exact) mass is 311 g/mol. The van der Waals surface area contributed by atoms with Crippen molar-refractivity contribution < 1.29 is 19.1 Å². The van der Waals surface area contributed by atoms with E-state index in [0.29, 0.717) is 45.9 Å². The fourth-order valence-electron chi connectivity index (χ4n) is 3.33. The van der Waals surface area contributed by atoms with Crippen LogP contribution in [0, 0.1) is 0 Å². The van der Waals surface area contributed by atoms with Crippen LogP contribution in [-0.2, 0) is 19.1 Å². The first-order chi connectivity index (χ1) is 10.7. The van der Waals surface area contributed by atoms with Crippen molar-refractivity contribution in [3.05, 3.63) is 0 Å². The summed E-state index contributed by atoms with van der Waals surface area (Å²) in [5.41, 5.74) is 0. The lowest BCUT2D eigenvalue weighted by Gasteiger charge is -2.39. The van der Waals surface area contributed by atoms with Crippen LogP contribution in [0.15, 0.2) is 0 Å². The van der Waals surface area contributed by atoms with Crippen molar-refractivity contribution in [1.29, 1.82) is 0 Å². The van der Waals surface area contributed by atoms with Crippen molar-refractivity contribution in [2.45, 2.75) is 38.0 Å². The van der Waals surface area contributed by atoms with Crippen molar-refractivity contribution in [3.8, 4) is 0 Å². The molecule has 3 aliphatic heterocycles. The predicted molar refractivity (Wildman–Crippen MR) is 79.3 cm³/mol. The number of morpholine rings is 1. The van der Waals surface area contributed by atoms with Crippen LogP contribution in [0.1, 0.15) is 19.8 Å². The first kappa shape index (κ1) is 15.7. The molecule has 0 aromatic heterocycles. The zero-order valence-corrected chi connectivity index (χ0v) is 13.1. The minimum Gasteiger partial charge on any atom is -0.375 e. The molecule has 0 aromatic rings. The Hall–Kier alpha value is -1.18. The summed E-state index contributed by atoms with van der Waals surface area (Å²) >= 11 is 0. The van der Waals surface area contributed by atoms with Gasteiger partial charge in [0.1, 0.15) is 12.1 Å². The molecule has 3 saturated heterocycles. The molecule has 22 heavy (non-hydrogen) atoms. The van der Waals surface area contributed by atoms with E-state index in [1.54, 1.807) is 0 Å².